The van der Waals surface area contributed by atoms with E-state index < -0.39 is 12.2 Å². The molecule has 2 fully saturated rings. The van der Waals surface area contributed by atoms with Crippen LogP contribution in [0.3, 0.4) is 0 Å². The standard InChI is InChI=1S/C19H34F3N5O.HI/c1-4-23-18(24-9-8-17(28)27-10-6-5-7-15(27)2)26-13-11-25(12-14-26)16(3)19(20,21)22;/h15-16H,4-14H2,1-3H3,(H,23,24);1H. The van der Waals surface area contributed by atoms with Crippen LogP contribution in [0.5, 0.6) is 0 Å². The summed E-state index contributed by atoms with van der Waals surface area (Å²) in [7, 11) is 0. The van der Waals surface area contributed by atoms with Gasteiger partial charge in [-0.1, -0.05) is 0 Å². The lowest BCUT2D eigenvalue weighted by Crippen LogP contribution is -2.56. The van der Waals surface area contributed by atoms with Crippen LogP contribution < -0.4 is 5.32 Å². The number of rotatable bonds is 5. The van der Waals surface area contributed by atoms with Gasteiger partial charge >= 0.3 is 6.18 Å². The smallest absolute Gasteiger partial charge is 0.357 e. The summed E-state index contributed by atoms with van der Waals surface area (Å²) in [5, 5.41) is 3.20. The maximum absolute atomic E-state index is 12.9. The van der Waals surface area contributed by atoms with Crippen LogP contribution in [0.15, 0.2) is 4.99 Å². The van der Waals surface area contributed by atoms with Gasteiger partial charge in [-0.25, -0.2) is 0 Å². The number of nitrogens with zero attached hydrogens (tertiary/aromatic N) is 4. The molecule has 2 rings (SSSR count). The maximum Gasteiger partial charge on any atom is 0.403 e. The monoisotopic (exact) mass is 533 g/mol. The van der Waals surface area contributed by atoms with Crippen molar-refractivity contribution >= 4 is 35.8 Å². The quantitative estimate of drug-likeness (QED) is 0.336. The molecule has 0 spiro atoms. The third kappa shape index (κ3) is 7.76. The topological polar surface area (TPSA) is 51.2 Å². The van der Waals surface area contributed by atoms with Crippen molar-refractivity contribution in [2.24, 2.45) is 4.99 Å². The van der Waals surface area contributed by atoms with Gasteiger partial charge in [0.15, 0.2) is 5.96 Å². The molecule has 0 aromatic heterocycles. The first kappa shape index (κ1) is 26.3. The van der Waals surface area contributed by atoms with Crippen LogP contribution in [0.4, 0.5) is 13.2 Å². The van der Waals surface area contributed by atoms with Gasteiger partial charge in [-0.3, -0.25) is 14.7 Å². The number of likely N-dealkylation sites (tertiary alicyclic amines) is 1. The van der Waals surface area contributed by atoms with Crippen LogP contribution in [-0.2, 0) is 4.79 Å². The lowest BCUT2D eigenvalue weighted by atomic mass is 10.0. The van der Waals surface area contributed by atoms with Gasteiger partial charge < -0.3 is 15.1 Å². The molecule has 2 saturated heterocycles. The Hall–Kier alpha value is -0.780. The van der Waals surface area contributed by atoms with Crippen molar-refractivity contribution in [3.8, 4) is 0 Å². The zero-order chi connectivity index (χ0) is 20.7. The number of amides is 1. The number of hydrogen-bond donors (Lipinski definition) is 1. The summed E-state index contributed by atoms with van der Waals surface area (Å²) in [5.41, 5.74) is 0. The lowest BCUT2D eigenvalue weighted by Gasteiger charge is -2.39. The van der Waals surface area contributed by atoms with Crippen LogP contribution in [0.2, 0.25) is 0 Å². The number of piperidine rings is 1. The molecule has 2 aliphatic heterocycles. The average molecular weight is 533 g/mol. The Labute approximate surface area is 189 Å². The lowest BCUT2D eigenvalue weighted by molar-refractivity contribution is -0.181. The fraction of sp³-hybridized carbons (Fsp3) is 0.895. The molecule has 0 saturated carbocycles. The molecule has 0 aromatic rings. The van der Waals surface area contributed by atoms with Crippen LogP contribution in [-0.4, -0.2) is 90.6 Å². The Kier molecular flexibility index (Phi) is 11.0. The number of alkyl halides is 3. The highest BCUT2D eigenvalue weighted by Gasteiger charge is 2.41. The van der Waals surface area contributed by atoms with E-state index in [4.69, 9.17) is 0 Å². The van der Waals surface area contributed by atoms with Gasteiger partial charge in [0.25, 0.3) is 0 Å². The minimum absolute atomic E-state index is 0. The molecule has 29 heavy (non-hydrogen) atoms. The van der Waals surface area contributed by atoms with Crippen LogP contribution in [0, 0.1) is 0 Å². The number of aliphatic imine (C=N–C) groups is 1. The average Bonchev–Trinajstić information content (AvgIpc) is 2.66. The molecule has 2 aliphatic rings. The second kappa shape index (κ2) is 12.2. The third-order valence-electron chi connectivity index (χ3n) is 5.68. The van der Waals surface area contributed by atoms with Crippen LogP contribution in [0.1, 0.15) is 46.5 Å². The van der Waals surface area contributed by atoms with E-state index in [-0.39, 0.29) is 29.9 Å². The number of halogens is 4. The van der Waals surface area contributed by atoms with Crippen LogP contribution in [0.25, 0.3) is 0 Å². The van der Waals surface area contributed by atoms with Crippen molar-refractivity contribution in [2.75, 3.05) is 45.8 Å². The number of nitrogens with one attached hydrogen (secondary N) is 1. The predicted octanol–water partition coefficient (Wildman–Crippen LogP) is 2.93. The Balaban J connectivity index is 0.00000420. The molecule has 0 aromatic carbocycles. The minimum Gasteiger partial charge on any atom is -0.357 e. The molecule has 2 heterocycles. The molecule has 2 unspecified atom stereocenters. The Morgan fingerprint density at radius 2 is 1.83 bits per heavy atom. The Bertz CT molecular complexity index is 538. The second-order valence-corrected chi connectivity index (χ2v) is 7.66. The van der Waals surface area contributed by atoms with Gasteiger partial charge in [0.05, 0.1) is 6.54 Å². The van der Waals surface area contributed by atoms with Crippen molar-refractivity contribution in [1.29, 1.82) is 0 Å². The molecule has 2 atom stereocenters. The molecule has 1 N–H and O–H groups in total. The SMILES string of the molecule is CCNC(=NCCC(=O)N1CCCCC1C)N1CCN(C(C)C(F)(F)F)CC1.I. The molecule has 6 nitrogen and oxygen atoms in total. The highest BCUT2D eigenvalue weighted by Crippen LogP contribution is 2.25. The van der Waals surface area contributed by atoms with E-state index in [1.54, 1.807) is 0 Å². The third-order valence-corrected chi connectivity index (χ3v) is 5.68. The highest BCUT2D eigenvalue weighted by molar-refractivity contribution is 14.0. The zero-order valence-electron chi connectivity index (χ0n) is 17.7. The van der Waals surface area contributed by atoms with Crippen molar-refractivity contribution in [3.05, 3.63) is 0 Å². The highest BCUT2D eigenvalue weighted by atomic mass is 127. The molecule has 0 radical (unpaired) electrons. The number of hydrogen-bond acceptors (Lipinski definition) is 3. The maximum atomic E-state index is 12.9. The second-order valence-electron chi connectivity index (χ2n) is 7.66. The van der Waals surface area contributed by atoms with Crippen molar-refractivity contribution in [1.82, 2.24) is 20.0 Å². The molecular formula is C19H35F3IN5O. The van der Waals surface area contributed by atoms with Gasteiger partial charge in [0, 0.05) is 51.7 Å². The van der Waals surface area contributed by atoms with E-state index in [1.165, 1.54) is 18.2 Å². The molecular weight excluding hydrogens is 498 g/mol. The summed E-state index contributed by atoms with van der Waals surface area (Å²) >= 11 is 0. The first-order valence-electron chi connectivity index (χ1n) is 10.4. The first-order chi connectivity index (χ1) is 13.2. The molecule has 0 aliphatic carbocycles. The summed E-state index contributed by atoms with van der Waals surface area (Å²) in [5.74, 6) is 0.817. The van der Waals surface area contributed by atoms with E-state index in [2.05, 4.69) is 17.2 Å². The molecule has 170 valence electrons. The summed E-state index contributed by atoms with van der Waals surface area (Å²) < 4.78 is 38.7. The van der Waals surface area contributed by atoms with Crippen LogP contribution >= 0.6 is 24.0 Å². The van der Waals surface area contributed by atoms with E-state index in [1.807, 2.05) is 16.7 Å². The fourth-order valence-electron chi connectivity index (χ4n) is 3.82. The minimum atomic E-state index is -4.20. The van der Waals surface area contributed by atoms with E-state index in [0.29, 0.717) is 57.7 Å². The van der Waals surface area contributed by atoms with Gasteiger partial charge in [0.2, 0.25) is 5.91 Å². The van der Waals surface area contributed by atoms with Gasteiger partial charge in [-0.15, -0.1) is 24.0 Å². The van der Waals surface area contributed by atoms with E-state index in [9.17, 15) is 18.0 Å². The molecule has 1 amide bonds. The van der Waals surface area contributed by atoms with Crippen molar-refractivity contribution in [3.63, 3.8) is 0 Å². The Morgan fingerprint density at radius 3 is 2.38 bits per heavy atom. The number of carbonyl (C=O) groups is 1. The summed E-state index contributed by atoms with van der Waals surface area (Å²) in [6.07, 6.45) is -0.551. The summed E-state index contributed by atoms with van der Waals surface area (Å²) in [6, 6.07) is -1.14. The normalized spacial score (nSPS) is 22.8. The van der Waals surface area contributed by atoms with Gasteiger partial charge in [0.1, 0.15) is 6.04 Å². The predicted molar refractivity (Wildman–Crippen MR) is 120 cm³/mol. The summed E-state index contributed by atoms with van der Waals surface area (Å²) in [4.78, 5) is 22.4. The van der Waals surface area contributed by atoms with Crippen molar-refractivity contribution < 1.29 is 18.0 Å². The van der Waals surface area contributed by atoms with E-state index in [0.717, 1.165) is 19.4 Å². The zero-order valence-corrected chi connectivity index (χ0v) is 20.0. The van der Waals surface area contributed by atoms with E-state index >= 15 is 0 Å². The van der Waals surface area contributed by atoms with Gasteiger partial charge in [-0.05, 0) is 40.0 Å². The van der Waals surface area contributed by atoms with Crippen molar-refractivity contribution in [2.45, 2.75) is 64.7 Å². The number of piperazine rings is 1. The largest absolute Gasteiger partial charge is 0.403 e. The summed E-state index contributed by atoms with van der Waals surface area (Å²) in [6.45, 7) is 8.81. The first-order valence-corrected chi connectivity index (χ1v) is 10.4. The van der Waals surface area contributed by atoms with Gasteiger partial charge in [-0.2, -0.15) is 13.2 Å². The molecule has 0 bridgehead atoms. The molecule has 10 heteroatoms. The fourth-order valence-corrected chi connectivity index (χ4v) is 3.82. The Morgan fingerprint density at radius 1 is 1.17 bits per heavy atom. The number of guanidine groups is 1. The number of carbonyl (C=O) groups excluding carboxylic acids is 1.